The van der Waals surface area contributed by atoms with Gasteiger partial charge in [-0.15, -0.1) is 0 Å². The summed E-state index contributed by atoms with van der Waals surface area (Å²) < 4.78 is 10.8. The number of hydrogen-bond donors (Lipinski definition) is 0. The molecule has 4 aromatic rings. The smallest absolute Gasteiger partial charge is 0.259 e. The number of hydrogen-bond acceptors (Lipinski definition) is 7. The van der Waals surface area contributed by atoms with Crippen molar-refractivity contribution in [2.45, 2.75) is 19.9 Å². The molecule has 0 spiro atoms. The van der Waals surface area contributed by atoms with E-state index in [1.165, 1.54) is 0 Å². The molecule has 1 aliphatic rings. The number of aromatic nitrogens is 4. The third kappa shape index (κ3) is 2.87. The van der Waals surface area contributed by atoms with Crippen molar-refractivity contribution in [2.75, 3.05) is 11.4 Å². The lowest BCUT2D eigenvalue weighted by Gasteiger charge is -2.27. The molecular weight excluding hydrogens is 342 g/mol. The minimum absolute atomic E-state index is 0.484. The predicted molar refractivity (Wildman–Crippen MR) is 99.0 cm³/mol. The van der Waals surface area contributed by atoms with Crippen LogP contribution in [0.25, 0.3) is 22.7 Å². The zero-order chi connectivity index (χ0) is 18.2. The molecule has 7 nitrogen and oxygen atoms in total. The van der Waals surface area contributed by atoms with E-state index in [0.717, 1.165) is 53.5 Å². The van der Waals surface area contributed by atoms with Crippen LogP contribution in [-0.2, 0) is 13.0 Å². The highest BCUT2D eigenvalue weighted by Crippen LogP contribution is 2.31. The van der Waals surface area contributed by atoms with E-state index < -0.39 is 0 Å². The van der Waals surface area contributed by atoms with E-state index in [1.54, 1.807) is 13.1 Å². The third-order valence-corrected chi connectivity index (χ3v) is 4.72. The highest BCUT2D eigenvalue weighted by Gasteiger charge is 2.25. The first-order valence-corrected chi connectivity index (χ1v) is 8.82. The molecule has 134 valence electrons. The molecule has 5 rings (SSSR count). The number of nitrogens with zero attached hydrogens (tertiary/aromatic N) is 5. The van der Waals surface area contributed by atoms with Crippen molar-refractivity contribution in [3.63, 3.8) is 0 Å². The molecule has 1 aliphatic heterocycles. The van der Waals surface area contributed by atoms with Crippen LogP contribution in [0.4, 0.5) is 5.82 Å². The molecule has 4 heterocycles. The van der Waals surface area contributed by atoms with Crippen molar-refractivity contribution in [3.05, 3.63) is 65.8 Å². The summed E-state index contributed by atoms with van der Waals surface area (Å²) in [5, 5.41) is 8.12. The summed E-state index contributed by atoms with van der Waals surface area (Å²) in [6.45, 7) is 3.35. The van der Waals surface area contributed by atoms with Crippen molar-refractivity contribution in [1.29, 1.82) is 0 Å². The molecule has 0 aliphatic carbocycles. The van der Waals surface area contributed by atoms with Gasteiger partial charge in [0.2, 0.25) is 0 Å². The molecule has 7 heteroatoms. The van der Waals surface area contributed by atoms with Crippen LogP contribution in [0.2, 0.25) is 0 Å². The van der Waals surface area contributed by atoms with Crippen LogP contribution in [0, 0.1) is 6.92 Å². The number of pyridine rings is 1. The zero-order valence-corrected chi connectivity index (χ0v) is 14.8. The number of fused-ring (bicyclic) bond motifs is 1. The van der Waals surface area contributed by atoms with Gasteiger partial charge in [0, 0.05) is 30.3 Å². The molecule has 3 aromatic heterocycles. The van der Waals surface area contributed by atoms with Gasteiger partial charge >= 0.3 is 0 Å². The Hall–Kier alpha value is -3.48. The second-order valence-electron chi connectivity index (χ2n) is 6.52. The standard InChI is InChI=1S/C20H17N5O2/c1-13-22-20(27-23-13)15-7-8-18(21-11-15)25-10-9-17-16(12-25)19(24-26-17)14-5-3-2-4-6-14/h2-8,11H,9-10,12H2,1H3. The van der Waals surface area contributed by atoms with E-state index >= 15 is 0 Å². The number of aryl methyl sites for hydroxylation is 1. The van der Waals surface area contributed by atoms with Gasteiger partial charge in [0.15, 0.2) is 5.82 Å². The lowest BCUT2D eigenvalue weighted by Crippen LogP contribution is -2.30. The molecule has 27 heavy (non-hydrogen) atoms. The molecule has 0 unspecified atom stereocenters. The fraction of sp³-hybridized carbons (Fsp3) is 0.200. The Morgan fingerprint density at radius 3 is 2.59 bits per heavy atom. The molecule has 0 radical (unpaired) electrons. The SMILES string of the molecule is Cc1noc(-c2ccc(N3CCc4onc(-c5ccccc5)c4C3)nc2)n1. The van der Waals surface area contributed by atoms with Gasteiger partial charge < -0.3 is 13.9 Å². The van der Waals surface area contributed by atoms with Crippen molar-refractivity contribution in [2.24, 2.45) is 0 Å². The van der Waals surface area contributed by atoms with Gasteiger partial charge in [-0.3, -0.25) is 0 Å². The Morgan fingerprint density at radius 1 is 0.963 bits per heavy atom. The van der Waals surface area contributed by atoms with Gasteiger partial charge in [-0.1, -0.05) is 40.6 Å². The summed E-state index contributed by atoms with van der Waals surface area (Å²) in [4.78, 5) is 11.1. The fourth-order valence-corrected chi connectivity index (χ4v) is 3.34. The maximum Gasteiger partial charge on any atom is 0.259 e. The van der Waals surface area contributed by atoms with E-state index in [9.17, 15) is 0 Å². The summed E-state index contributed by atoms with van der Waals surface area (Å²) in [7, 11) is 0. The lowest BCUT2D eigenvalue weighted by molar-refractivity contribution is 0.379. The molecule has 0 N–H and O–H groups in total. The summed E-state index contributed by atoms with van der Waals surface area (Å²) in [6.07, 6.45) is 2.57. The average Bonchev–Trinajstić information content (AvgIpc) is 3.34. The lowest BCUT2D eigenvalue weighted by atomic mass is 10.0. The normalized spacial score (nSPS) is 13.6. The van der Waals surface area contributed by atoms with Crippen LogP contribution >= 0.6 is 0 Å². The second-order valence-corrected chi connectivity index (χ2v) is 6.52. The highest BCUT2D eigenvalue weighted by atomic mass is 16.5. The fourth-order valence-electron chi connectivity index (χ4n) is 3.34. The van der Waals surface area contributed by atoms with E-state index in [-0.39, 0.29) is 0 Å². The summed E-state index contributed by atoms with van der Waals surface area (Å²) in [5.74, 6) is 2.96. The number of rotatable bonds is 3. The topological polar surface area (TPSA) is 81.1 Å². The Labute approximate surface area is 155 Å². The average molecular weight is 359 g/mol. The first-order chi connectivity index (χ1) is 13.3. The molecule has 0 atom stereocenters. The molecular formula is C20H17N5O2. The monoisotopic (exact) mass is 359 g/mol. The maximum atomic E-state index is 5.58. The second kappa shape index (κ2) is 6.35. The summed E-state index contributed by atoms with van der Waals surface area (Å²) in [6, 6.07) is 14.1. The molecule has 0 amide bonds. The summed E-state index contributed by atoms with van der Waals surface area (Å²) >= 11 is 0. The first kappa shape index (κ1) is 15.7. The van der Waals surface area contributed by atoms with Crippen molar-refractivity contribution in [1.82, 2.24) is 20.3 Å². The van der Waals surface area contributed by atoms with Crippen molar-refractivity contribution < 1.29 is 9.05 Å². The Bertz CT molecular complexity index is 1070. The Morgan fingerprint density at radius 2 is 1.85 bits per heavy atom. The van der Waals surface area contributed by atoms with Crippen LogP contribution in [0.1, 0.15) is 17.1 Å². The van der Waals surface area contributed by atoms with Crippen molar-refractivity contribution in [3.8, 4) is 22.7 Å². The van der Waals surface area contributed by atoms with Gasteiger partial charge in [0.05, 0.1) is 12.1 Å². The maximum absolute atomic E-state index is 5.58. The van der Waals surface area contributed by atoms with Crippen LogP contribution in [0.15, 0.2) is 57.7 Å². The van der Waals surface area contributed by atoms with Crippen LogP contribution in [0.5, 0.6) is 0 Å². The van der Waals surface area contributed by atoms with Gasteiger partial charge in [-0.2, -0.15) is 4.98 Å². The van der Waals surface area contributed by atoms with E-state index in [1.807, 2.05) is 30.3 Å². The molecule has 0 saturated carbocycles. The Kier molecular flexibility index (Phi) is 3.71. The quantitative estimate of drug-likeness (QED) is 0.552. The van der Waals surface area contributed by atoms with Crippen LogP contribution < -0.4 is 4.90 Å². The summed E-state index contributed by atoms with van der Waals surface area (Å²) in [5.41, 5.74) is 3.92. The van der Waals surface area contributed by atoms with Crippen LogP contribution in [0.3, 0.4) is 0 Å². The van der Waals surface area contributed by atoms with Gasteiger partial charge in [-0.25, -0.2) is 4.98 Å². The minimum atomic E-state index is 0.484. The van der Waals surface area contributed by atoms with E-state index in [2.05, 4.69) is 37.3 Å². The van der Waals surface area contributed by atoms with E-state index in [0.29, 0.717) is 11.7 Å². The third-order valence-electron chi connectivity index (χ3n) is 4.72. The number of benzene rings is 1. The Balaban J connectivity index is 1.42. The number of anilines is 1. The van der Waals surface area contributed by atoms with E-state index in [4.69, 9.17) is 9.05 Å². The van der Waals surface area contributed by atoms with Gasteiger partial charge in [0.1, 0.15) is 17.3 Å². The van der Waals surface area contributed by atoms with Gasteiger partial charge in [0.25, 0.3) is 5.89 Å². The zero-order valence-electron chi connectivity index (χ0n) is 14.8. The minimum Gasteiger partial charge on any atom is -0.360 e. The molecule has 0 saturated heterocycles. The van der Waals surface area contributed by atoms with Gasteiger partial charge in [-0.05, 0) is 19.1 Å². The van der Waals surface area contributed by atoms with Crippen LogP contribution in [-0.4, -0.2) is 26.8 Å². The molecule has 0 fully saturated rings. The molecule has 0 bridgehead atoms. The first-order valence-electron chi connectivity index (χ1n) is 8.82. The van der Waals surface area contributed by atoms with Crippen molar-refractivity contribution >= 4 is 5.82 Å². The largest absolute Gasteiger partial charge is 0.360 e. The molecule has 1 aromatic carbocycles. The predicted octanol–water partition coefficient (Wildman–Crippen LogP) is 3.66. The highest BCUT2D eigenvalue weighted by molar-refractivity contribution is 5.65.